The lowest BCUT2D eigenvalue weighted by Gasteiger charge is -2.12. The lowest BCUT2D eigenvalue weighted by atomic mass is 10.0. The predicted molar refractivity (Wildman–Crippen MR) is 64.6 cm³/mol. The van der Waals surface area contributed by atoms with Crippen molar-refractivity contribution in [3.8, 4) is 11.8 Å². The molecule has 0 aliphatic carbocycles. The van der Waals surface area contributed by atoms with Crippen molar-refractivity contribution >= 4 is 5.97 Å². The molecule has 0 saturated heterocycles. The first-order valence-corrected chi connectivity index (χ1v) is 5.98. The summed E-state index contributed by atoms with van der Waals surface area (Å²) in [5.74, 6) is 3.58. The first-order valence-electron chi connectivity index (χ1n) is 5.98. The van der Waals surface area contributed by atoms with E-state index in [0.717, 1.165) is 0 Å². The van der Waals surface area contributed by atoms with Crippen LogP contribution in [0.15, 0.2) is 18.2 Å². The van der Waals surface area contributed by atoms with Gasteiger partial charge in [-0.05, 0) is 25.1 Å². The maximum Gasteiger partial charge on any atom is 0.416 e. The van der Waals surface area contributed by atoms with Crippen LogP contribution in [0.3, 0.4) is 0 Å². The van der Waals surface area contributed by atoms with Crippen molar-refractivity contribution in [3.05, 3.63) is 34.9 Å². The van der Waals surface area contributed by atoms with Crippen molar-refractivity contribution in [2.75, 3.05) is 6.61 Å². The predicted octanol–water partition coefficient (Wildman–Crippen LogP) is 4.03. The van der Waals surface area contributed by atoms with Gasteiger partial charge in [-0.3, -0.25) is 4.79 Å². The zero-order valence-corrected chi connectivity index (χ0v) is 11.2. The van der Waals surface area contributed by atoms with E-state index in [2.05, 4.69) is 16.6 Å². The third kappa shape index (κ3) is 5.31. The Labute approximate surface area is 122 Å². The van der Waals surface area contributed by atoms with E-state index in [4.69, 9.17) is 0 Å². The first kappa shape index (κ1) is 17.9. The maximum atomic E-state index is 12.6. The molecule has 0 amide bonds. The number of esters is 1. The molecule has 0 aliphatic rings. The minimum atomic E-state index is -4.93. The van der Waals surface area contributed by atoms with Crippen LogP contribution in [0.2, 0.25) is 0 Å². The molecule has 1 rings (SSSR count). The van der Waals surface area contributed by atoms with E-state index in [1.54, 1.807) is 6.92 Å². The van der Waals surface area contributed by atoms with Crippen LogP contribution in [0.25, 0.3) is 0 Å². The van der Waals surface area contributed by atoms with Gasteiger partial charge in [-0.25, -0.2) is 0 Å². The smallest absolute Gasteiger partial charge is 0.416 e. The lowest BCUT2D eigenvalue weighted by molar-refractivity contribution is -0.143. The molecule has 0 bridgehead atoms. The third-order valence-corrected chi connectivity index (χ3v) is 2.36. The average Bonchev–Trinajstić information content (AvgIpc) is 2.36. The number of benzene rings is 1. The van der Waals surface area contributed by atoms with Crippen molar-refractivity contribution < 1.29 is 35.9 Å². The van der Waals surface area contributed by atoms with E-state index in [0.29, 0.717) is 12.1 Å². The van der Waals surface area contributed by atoms with Crippen molar-refractivity contribution in [2.24, 2.45) is 0 Å². The van der Waals surface area contributed by atoms with E-state index in [1.165, 1.54) is 0 Å². The van der Waals surface area contributed by atoms with Crippen molar-refractivity contribution in [1.82, 2.24) is 0 Å². The van der Waals surface area contributed by atoms with Crippen LogP contribution < -0.4 is 0 Å². The highest BCUT2D eigenvalue weighted by Crippen LogP contribution is 2.36. The second kappa shape index (κ2) is 6.73. The monoisotopic (exact) mass is 324 g/mol. The number of hydrogen-bond acceptors (Lipinski definition) is 2. The van der Waals surface area contributed by atoms with E-state index in [1.807, 2.05) is 0 Å². The van der Waals surface area contributed by atoms with Crippen LogP contribution in [0.4, 0.5) is 26.3 Å². The van der Waals surface area contributed by atoms with Gasteiger partial charge in [0.1, 0.15) is 6.42 Å². The number of ether oxygens (including phenoxy) is 1. The topological polar surface area (TPSA) is 26.3 Å². The molecule has 0 spiro atoms. The number of carbonyl (C=O) groups excluding carboxylic acids is 1. The summed E-state index contributed by atoms with van der Waals surface area (Å²) in [6.07, 6.45) is -10.3. The fraction of sp³-hybridized carbons (Fsp3) is 0.357. The quantitative estimate of drug-likeness (QED) is 0.466. The van der Waals surface area contributed by atoms with E-state index in [-0.39, 0.29) is 12.7 Å². The largest absolute Gasteiger partial charge is 0.465 e. The van der Waals surface area contributed by atoms with Gasteiger partial charge in [0, 0.05) is 5.56 Å². The third-order valence-electron chi connectivity index (χ3n) is 2.36. The number of halogens is 6. The summed E-state index contributed by atoms with van der Waals surface area (Å²) in [5, 5.41) is 0. The first-order chi connectivity index (χ1) is 10.0. The molecule has 0 heterocycles. The van der Waals surface area contributed by atoms with Crippen molar-refractivity contribution in [2.45, 2.75) is 25.7 Å². The fourth-order valence-electron chi connectivity index (χ4n) is 1.46. The highest BCUT2D eigenvalue weighted by atomic mass is 19.4. The minimum absolute atomic E-state index is 0.0104. The zero-order valence-electron chi connectivity index (χ0n) is 11.2. The highest BCUT2D eigenvalue weighted by Gasteiger charge is 2.36. The van der Waals surface area contributed by atoms with Gasteiger partial charge in [0.05, 0.1) is 17.7 Å². The van der Waals surface area contributed by atoms with Gasteiger partial charge in [-0.1, -0.05) is 11.8 Å². The minimum Gasteiger partial charge on any atom is -0.465 e. The van der Waals surface area contributed by atoms with Crippen molar-refractivity contribution in [1.29, 1.82) is 0 Å². The van der Waals surface area contributed by atoms with E-state index >= 15 is 0 Å². The van der Waals surface area contributed by atoms with Gasteiger partial charge in [0.15, 0.2) is 0 Å². The molecule has 0 aliphatic heterocycles. The summed E-state index contributed by atoms with van der Waals surface area (Å²) < 4.78 is 80.1. The van der Waals surface area contributed by atoms with Crippen LogP contribution >= 0.6 is 0 Å². The Kier molecular flexibility index (Phi) is 5.47. The Morgan fingerprint density at radius 2 is 1.55 bits per heavy atom. The maximum absolute atomic E-state index is 12.6. The van der Waals surface area contributed by atoms with Crippen LogP contribution in [0.1, 0.15) is 30.0 Å². The molecule has 8 heteroatoms. The van der Waals surface area contributed by atoms with Crippen LogP contribution in [0.5, 0.6) is 0 Å². The zero-order chi connectivity index (χ0) is 17.0. The Bertz CT molecular complexity index is 572. The molecule has 0 N–H and O–H groups in total. The summed E-state index contributed by atoms with van der Waals surface area (Å²) >= 11 is 0. The lowest BCUT2D eigenvalue weighted by Crippen LogP contribution is -2.11. The summed E-state index contributed by atoms with van der Waals surface area (Å²) in [6, 6.07) is 0.997. The molecule has 0 unspecified atom stereocenters. The van der Waals surface area contributed by atoms with Gasteiger partial charge in [0.25, 0.3) is 0 Å². The molecule has 1 aromatic rings. The van der Waals surface area contributed by atoms with Gasteiger partial charge in [-0.15, -0.1) is 0 Å². The number of hydrogen-bond donors (Lipinski definition) is 0. The number of rotatable bonds is 2. The summed E-state index contributed by atoms with van der Waals surface area (Å²) in [5.41, 5.74) is -3.39. The second-order valence-corrected chi connectivity index (χ2v) is 4.08. The van der Waals surface area contributed by atoms with Crippen LogP contribution in [-0.2, 0) is 21.9 Å². The van der Waals surface area contributed by atoms with E-state index in [9.17, 15) is 31.1 Å². The summed E-state index contributed by atoms with van der Waals surface area (Å²) in [6.45, 7) is 1.65. The number of carbonyl (C=O) groups is 1. The van der Waals surface area contributed by atoms with Gasteiger partial charge < -0.3 is 4.74 Å². The molecule has 0 fully saturated rings. The molecular weight excluding hydrogens is 314 g/mol. The van der Waals surface area contributed by atoms with E-state index < -0.39 is 41.4 Å². The SMILES string of the molecule is CCOC(=O)CC#Cc1cc(C(F)(F)F)cc(C(F)(F)F)c1. The molecule has 22 heavy (non-hydrogen) atoms. The Balaban J connectivity index is 3.15. The normalized spacial score (nSPS) is 11.6. The molecular formula is C14H10F6O2. The molecule has 2 nitrogen and oxygen atoms in total. The second-order valence-electron chi connectivity index (χ2n) is 4.08. The number of alkyl halides is 6. The molecule has 0 atom stereocenters. The molecule has 0 aromatic heterocycles. The molecule has 1 aromatic carbocycles. The van der Waals surface area contributed by atoms with Crippen molar-refractivity contribution in [3.63, 3.8) is 0 Å². The Morgan fingerprint density at radius 3 is 1.95 bits per heavy atom. The van der Waals surface area contributed by atoms with Crippen LogP contribution in [-0.4, -0.2) is 12.6 Å². The molecule has 0 saturated carbocycles. The average molecular weight is 324 g/mol. The van der Waals surface area contributed by atoms with Gasteiger partial charge >= 0.3 is 18.3 Å². The highest BCUT2D eigenvalue weighted by molar-refractivity contribution is 5.72. The summed E-state index contributed by atoms with van der Waals surface area (Å²) in [7, 11) is 0. The summed E-state index contributed by atoms with van der Waals surface area (Å²) in [4.78, 5) is 11.0. The molecule has 120 valence electrons. The standard InChI is InChI=1S/C14H10F6O2/c1-2-22-12(21)5-3-4-9-6-10(13(15,16)17)8-11(7-9)14(18,19)20/h6-8H,2,5H2,1H3. The fourth-order valence-corrected chi connectivity index (χ4v) is 1.46. The Morgan fingerprint density at radius 1 is 1.05 bits per heavy atom. The van der Waals surface area contributed by atoms with Crippen LogP contribution in [0, 0.1) is 11.8 Å². The molecule has 0 radical (unpaired) electrons. The van der Waals surface area contributed by atoms with Gasteiger partial charge in [-0.2, -0.15) is 26.3 Å². The Hall–Kier alpha value is -2.17. The van der Waals surface area contributed by atoms with Gasteiger partial charge in [0.2, 0.25) is 0 Å².